The summed E-state index contributed by atoms with van der Waals surface area (Å²) in [6.07, 6.45) is -4.33. The number of rotatable bonds is 6. The molecule has 3 nitrogen and oxygen atoms in total. The van der Waals surface area contributed by atoms with Crippen LogP contribution < -0.4 is 10.1 Å². The van der Waals surface area contributed by atoms with Gasteiger partial charge in [0, 0.05) is 10.0 Å². The van der Waals surface area contributed by atoms with E-state index in [1.54, 1.807) is 14.2 Å². The topological polar surface area (TPSA) is 30.5 Å². The molecule has 7 heteroatoms. The van der Waals surface area contributed by atoms with Crippen molar-refractivity contribution in [2.45, 2.75) is 26.1 Å². The highest BCUT2D eigenvalue weighted by Gasteiger charge is 2.29. The lowest BCUT2D eigenvalue weighted by Crippen LogP contribution is -2.27. The molecule has 1 rings (SSSR count). The molecule has 0 spiro atoms. The fourth-order valence-corrected chi connectivity index (χ4v) is 2.73. The Morgan fingerprint density at radius 3 is 2.43 bits per heavy atom. The van der Waals surface area contributed by atoms with E-state index in [9.17, 15) is 13.2 Å². The van der Waals surface area contributed by atoms with Crippen molar-refractivity contribution in [2.75, 3.05) is 27.4 Å². The maximum absolute atomic E-state index is 12.2. The summed E-state index contributed by atoms with van der Waals surface area (Å²) in [7, 11) is 3.22. The molecule has 1 atom stereocenters. The lowest BCUT2D eigenvalue weighted by atomic mass is 9.97. The van der Waals surface area contributed by atoms with Gasteiger partial charge in [-0.25, -0.2) is 0 Å². The van der Waals surface area contributed by atoms with E-state index in [0.717, 1.165) is 21.2 Å². The second kappa shape index (κ2) is 7.47. The normalized spacial score (nSPS) is 13.3. The minimum atomic E-state index is -4.33. The summed E-state index contributed by atoms with van der Waals surface area (Å²) in [6, 6.07) is 1.53. The van der Waals surface area contributed by atoms with Crippen LogP contribution in [0.25, 0.3) is 0 Å². The molecule has 120 valence electrons. The van der Waals surface area contributed by atoms with E-state index in [2.05, 4.69) is 21.2 Å². The lowest BCUT2D eigenvalue weighted by molar-refractivity contribution is -0.175. The zero-order valence-corrected chi connectivity index (χ0v) is 14.0. The van der Waals surface area contributed by atoms with Crippen LogP contribution >= 0.6 is 15.9 Å². The number of halogens is 4. The Morgan fingerprint density at radius 2 is 1.95 bits per heavy atom. The van der Waals surface area contributed by atoms with E-state index in [-0.39, 0.29) is 6.61 Å². The third-order valence-corrected chi connectivity index (χ3v) is 3.98. The first kappa shape index (κ1) is 18.3. The van der Waals surface area contributed by atoms with Crippen molar-refractivity contribution in [2.24, 2.45) is 0 Å². The van der Waals surface area contributed by atoms with E-state index in [1.807, 2.05) is 19.9 Å². The largest absolute Gasteiger partial charge is 0.496 e. The van der Waals surface area contributed by atoms with Gasteiger partial charge in [-0.2, -0.15) is 13.2 Å². The molecule has 0 aliphatic heterocycles. The maximum atomic E-state index is 12.2. The first-order chi connectivity index (χ1) is 9.71. The molecular weight excluding hydrogens is 351 g/mol. The van der Waals surface area contributed by atoms with Gasteiger partial charge in [-0.3, -0.25) is 0 Å². The van der Waals surface area contributed by atoms with Crippen molar-refractivity contribution in [3.8, 4) is 5.75 Å². The van der Waals surface area contributed by atoms with Gasteiger partial charge in [0.15, 0.2) is 0 Å². The summed E-state index contributed by atoms with van der Waals surface area (Å²) in [5.41, 5.74) is 2.61. The molecule has 1 aromatic carbocycles. The van der Waals surface area contributed by atoms with Crippen LogP contribution in [0.5, 0.6) is 5.75 Å². The first-order valence-electron chi connectivity index (χ1n) is 6.36. The number of likely N-dealkylation sites (N-methyl/N-ethyl adjacent to an activating group) is 1. The molecule has 0 radical (unpaired) electrons. The van der Waals surface area contributed by atoms with Crippen LogP contribution in [0.3, 0.4) is 0 Å². The number of methoxy groups -OCH3 is 1. The number of ether oxygens (including phenoxy) is 2. The lowest BCUT2D eigenvalue weighted by Gasteiger charge is -2.24. The molecule has 0 fully saturated rings. The molecular formula is C14H19BrF3NO2. The molecule has 21 heavy (non-hydrogen) atoms. The van der Waals surface area contributed by atoms with Crippen molar-refractivity contribution >= 4 is 15.9 Å². The van der Waals surface area contributed by atoms with E-state index in [1.165, 1.54) is 0 Å². The Labute approximate surface area is 130 Å². The van der Waals surface area contributed by atoms with E-state index < -0.39 is 18.8 Å². The van der Waals surface area contributed by atoms with Crippen LogP contribution in [-0.2, 0) is 4.74 Å². The molecule has 0 aliphatic carbocycles. The van der Waals surface area contributed by atoms with E-state index >= 15 is 0 Å². The van der Waals surface area contributed by atoms with Crippen molar-refractivity contribution in [1.82, 2.24) is 5.32 Å². The molecule has 1 aromatic rings. The van der Waals surface area contributed by atoms with Crippen molar-refractivity contribution < 1.29 is 22.6 Å². The first-order valence-corrected chi connectivity index (χ1v) is 7.16. The Hall–Kier alpha value is -0.790. The van der Waals surface area contributed by atoms with Gasteiger partial charge >= 0.3 is 6.18 Å². The highest BCUT2D eigenvalue weighted by Crippen LogP contribution is 2.36. The number of nitrogens with one attached hydrogen (secondary N) is 1. The fourth-order valence-electron chi connectivity index (χ4n) is 2.17. The summed E-state index contributed by atoms with van der Waals surface area (Å²) >= 11 is 3.45. The molecule has 0 saturated heterocycles. The van der Waals surface area contributed by atoms with Crippen molar-refractivity contribution in [3.63, 3.8) is 0 Å². The van der Waals surface area contributed by atoms with Crippen LogP contribution in [0.15, 0.2) is 10.5 Å². The molecule has 0 aromatic heterocycles. The number of benzene rings is 1. The Kier molecular flexibility index (Phi) is 6.49. The highest BCUT2D eigenvalue weighted by atomic mass is 79.9. The van der Waals surface area contributed by atoms with Crippen LogP contribution in [-0.4, -0.2) is 33.5 Å². The van der Waals surface area contributed by atoms with Crippen LogP contribution in [0.2, 0.25) is 0 Å². The Balaban J connectivity index is 3.05. The number of hydrogen-bond donors (Lipinski definition) is 1. The quantitative estimate of drug-likeness (QED) is 0.824. The van der Waals surface area contributed by atoms with Gasteiger partial charge in [0.2, 0.25) is 0 Å². The molecule has 0 bridgehead atoms. The smallest absolute Gasteiger partial charge is 0.411 e. The standard InChI is InChI=1S/C14H19BrF3NO2/c1-8-5-10(15)9(2)12(13(8)20-4)11(19-3)6-21-7-14(16,17)18/h5,11,19H,6-7H2,1-4H3. The minimum Gasteiger partial charge on any atom is -0.496 e. The second-order valence-electron chi connectivity index (χ2n) is 4.72. The summed E-state index contributed by atoms with van der Waals surface area (Å²) in [5, 5.41) is 2.98. The molecule has 0 aliphatic rings. The van der Waals surface area contributed by atoms with Crippen LogP contribution in [0.4, 0.5) is 13.2 Å². The van der Waals surface area contributed by atoms with Gasteiger partial charge < -0.3 is 14.8 Å². The van der Waals surface area contributed by atoms with Gasteiger partial charge in [-0.15, -0.1) is 0 Å². The zero-order valence-electron chi connectivity index (χ0n) is 12.4. The molecule has 0 amide bonds. The highest BCUT2D eigenvalue weighted by molar-refractivity contribution is 9.10. The van der Waals surface area contributed by atoms with Crippen LogP contribution in [0, 0.1) is 13.8 Å². The molecule has 0 saturated carbocycles. The van der Waals surface area contributed by atoms with Gasteiger partial charge in [0.05, 0.1) is 19.8 Å². The van der Waals surface area contributed by atoms with Gasteiger partial charge in [-0.05, 0) is 38.1 Å². The third kappa shape index (κ3) is 4.86. The Bertz CT molecular complexity index is 492. The summed E-state index contributed by atoms with van der Waals surface area (Å²) in [4.78, 5) is 0. The molecule has 0 heterocycles. The average Bonchev–Trinajstić information content (AvgIpc) is 2.38. The van der Waals surface area contributed by atoms with Crippen molar-refractivity contribution in [1.29, 1.82) is 0 Å². The predicted octanol–water partition coefficient (Wildman–Crippen LogP) is 3.91. The summed E-state index contributed by atoms with van der Waals surface area (Å²) in [5.74, 6) is 0.658. The van der Waals surface area contributed by atoms with Crippen molar-refractivity contribution in [3.05, 3.63) is 27.2 Å². The molecule has 1 N–H and O–H groups in total. The summed E-state index contributed by atoms with van der Waals surface area (Å²) < 4.78 is 47.6. The Morgan fingerprint density at radius 1 is 1.33 bits per heavy atom. The van der Waals surface area contributed by atoms with Gasteiger partial charge in [0.1, 0.15) is 12.4 Å². The van der Waals surface area contributed by atoms with Gasteiger partial charge in [-0.1, -0.05) is 15.9 Å². The summed E-state index contributed by atoms with van der Waals surface area (Å²) in [6.45, 7) is 2.41. The maximum Gasteiger partial charge on any atom is 0.411 e. The number of hydrogen-bond acceptors (Lipinski definition) is 3. The predicted molar refractivity (Wildman–Crippen MR) is 78.8 cm³/mol. The second-order valence-corrected chi connectivity index (χ2v) is 5.57. The fraction of sp³-hybridized carbons (Fsp3) is 0.571. The monoisotopic (exact) mass is 369 g/mol. The zero-order chi connectivity index (χ0) is 16.2. The molecule has 1 unspecified atom stereocenters. The number of aryl methyl sites for hydroxylation is 1. The average molecular weight is 370 g/mol. The SMILES string of the molecule is CNC(COCC(F)(F)F)c1c(C)c(Br)cc(C)c1OC. The minimum absolute atomic E-state index is 0.0941. The van der Waals surface area contributed by atoms with E-state index in [0.29, 0.717) is 5.75 Å². The van der Waals surface area contributed by atoms with Gasteiger partial charge in [0.25, 0.3) is 0 Å². The van der Waals surface area contributed by atoms with Crippen LogP contribution in [0.1, 0.15) is 22.7 Å². The number of alkyl halides is 3. The third-order valence-electron chi connectivity index (χ3n) is 3.16. The van der Waals surface area contributed by atoms with E-state index in [4.69, 9.17) is 9.47 Å².